The summed E-state index contributed by atoms with van der Waals surface area (Å²) in [4.78, 5) is 0. The van der Waals surface area contributed by atoms with Crippen LogP contribution in [0, 0.1) is 6.92 Å². The van der Waals surface area contributed by atoms with Crippen LogP contribution >= 0.6 is 0 Å². The number of rotatable bonds is 3. The van der Waals surface area contributed by atoms with Crippen LogP contribution in [0.5, 0.6) is 11.5 Å². The summed E-state index contributed by atoms with van der Waals surface area (Å²) in [6.45, 7) is 2.67. The van der Waals surface area contributed by atoms with Crippen LogP contribution < -0.4 is 9.47 Å². The van der Waals surface area contributed by atoms with Crippen molar-refractivity contribution >= 4 is 0 Å². The van der Waals surface area contributed by atoms with Crippen molar-refractivity contribution in [3.05, 3.63) is 23.3 Å². The highest BCUT2D eigenvalue weighted by molar-refractivity contribution is 5.49. The molecule has 2 nitrogen and oxygen atoms in total. The van der Waals surface area contributed by atoms with Gasteiger partial charge in [0, 0.05) is 5.56 Å². The van der Waals surface area contributed by atoms with E-state index in [1.54, 1.807) is 6.92 Å². The first kappa shape index (κ1) is 15.5. The second-order valence-electron chi connectivity index (χ2n) is 3.54. The molecule has 0 heterocycles. The Balaban J connectivity index is 3.36. The zero-order valence-corrected chi connectivity index (χ0v) is 9.95. The summed E-state index contributed by atoms with van der Waals surface area (Å²) < 4.78 is 82.9. The topological polar surface area (TPSA) is 18.5 Å². The third-order valence-electron chi connectivity index (χ3n) is 2.19. The van der Waals surface area contributed by atoms with Crippen LogP contribution in [0.25, 0.3) is 0 Å². The fraction of sp³-hybridized carbons (Fsp3) is 0.455. The monoisotopic (exact) mass is 288 g/mol. The highest BCUT2D eigenvalue weighted by Gasteiger charge is 2.41. The molecule has 0 radical (unpaired) electrons. The van der Waals surface area contributed by atoms with E-state index in [0.29, 0.717) is 6.07 Å². The summed E-state index contributed by atoms with van der Waals surface area (Å²) in [5, 5.41) is 0. The van der Waals surface area contributed by atoms with Crippen molar-refractivity contribution < 1.29 is 35.8 Å². The van der Waals surface area contributed by atoms with E-state index >= 15 is 0 Å². The van der Waals surface area contributed by atoms with Crippen LogP contribution in [-0.4, -0.2) is 13.0 Å². The molecule has 1 aromatic rings. The van der Waals surface area contributed by atoms with Crippen molar-refractivity contribution in [2.24, 2.45) is 0 Å². The largest absolute Gasteiger partial charge is 0.573 e. The van der Waals surface area contributed by atoms with Crippen molar-refractivity contribution in [2.45, 2.75) is 26.4 Å². The zero-order valence-electron chi connectivity index (χ0n) is 9.95. The minimum atomic E-state index is -5.19. The van der Waals surface area contributed by atoms with Gasteiger partial charge in [-0.3, -0.25) is 0 Å². The Morgan fingerprint density at radius 3 is 1.95 bits per heavy atom. The van der Waals surface area contributed by atoms with Gasteiger partial charge in [-0.1, -0.05) is 0 Å². The highest BCUT2D eigenvalue weighted by Crippen LogP contribution is 2.43. The molecule has 0 atom stereocenters. The molecule has 108 valence electrons. The van der Waals surface area contributed by atoms with Crippen molar-refractivity contribution in [3.63, 3.8) is 0 Å². The summed E-state index contributed by atoms with van der Waals surface area (Å²) in [5.41, 5.74) is -1.94. The molecule has 0 amide bonds. The van der Waals surface area contributed by atoms with E-state index in [4.69, 9.17) is 4.74 Å². The second-order valence-corrected chi connectivity index (χ2v) is 3.54. The van der Waals surface area contributed by atoms with E-state index in [9.17, 15) is 26.3 Å². The molecule has 0 aromatic heterocycles. The first-order valence-corrected chi connectivity index (χ1v) is 5.15. The van der Waals surface area contributed by atoms with Crippen LogP contribution in [0.4, 0.5) is 26.3 Å². The van der Waals surface area contributed by atoms with Gasteiger partial charge in [-0.15, -0.1) is 13.2 Å². The van der Waals surface area contributed by atoms with Gasteiger partial charge in [0.2, 0.25) is 0 Å². The van der Waals surface area contributed by atoms with E-state index in [0.717, 1.165) is 13.0 Å². The van der Waals surface area contributed by atoms with E-state index in [1.807, 2.05) is 0 Å². The van der Waals surface area contributed by atoms with E-state index < -0.39 is 29.4 Å². The Kier molecular flexibility index (Phi) is 4.21. The molecule has 0 saturated carbocycles. The molecular formula is C11H10F6O2. The molecule has 0 N–H and O–H groups in total. The summed E-state index contributed by atoms with van der Waals surface area (Å²) in [6.07, 6.45) is -10.2. The van der Waals surface area contributed by atoms with E-state index in [2.05, 4.69) is 4.74 Å². The third kappa shape index (κ3) is 3.93. The Bertz CT molecular complexity index is 450. The van der Waals surface area contributed by atoms with Gasteiger partial charge in [-0.2, -0.15) is 13.2 Å². The molecule has 0 aliphatic heterocycles. The van der Waals surface area contributed by atoms with Gasteiger partial charge in [0.25, 0.3) is 0 Å². The van der Waals surface area contributed by atoms with Crippen LogP contribution in [-0.2, 0) is 6.18 Å². The number of benzene rings is 1. The SMILES string of the molecule is CCOc1ccc(OC(F)(F)F)c(C(F)(F)F)c1C. The normalized spacial score (nSPS) is 12.4. The van der Waals surface area contributed by atoms with E-state index in [-0.39, 0.29) is 12.4 Å². The van der Waals surface area contributed by atoms with Gasteiger partial charge in [-0.25, -0.2) is 0 Å². The van der Waals surface area contributed by atoms with Gasteiger partial charge < -0.3 is 9.47 Å². The molecule has 0 fully saturated rings. The van der Waals surface area contributed by atoms with Crippen molar-refractivity contribution in [3.8, 4) is 11.5 Å². The average Bonchev–Trinajstić information content (AvgIpc) is 2.18. The number of alkyl halides is 6. The summed E-state index contributed by atoms with van der Waals surface area (Å²) >= 11 is 0. The van der Waals surface area contributed by atoms with Crippen LogP contribution in [0.3, 0.4) is 0 Å². The minimum absolute atomic E-state index is 0.0949. The third-order valence-corrected chi connectivity index (χ3v) is 2.19. The minimum Gasteiger partial charge on any atom is -0.494 e. The molecule has 8 heteroatoms. The number of hydrogen-bond acceptors (Lipinski definition) is 2. The average molecular weight is 288 g/mol. The summed E-state index contributed by atoms with van der Waals surface area (Å²) in [6, 6.07) is 1.60. The first-order valence-electron chi connectivity index (χ1n) is 5.15. The smallest absolute Gasteiger partial charge is 0.494 e. The number of hydrogen-bond donors (Lipinski definition) is 0. The maximum Gasteiger partial charge on any atom is 0.573 e. The number of halogens is 6. The Morgan fingerprint density at radius 2 is 1.53 bits per heavy atom. The van der Waals surface area contributed by atoms with Gasteiger partial charge in [0.1, 0.15) is 17.1 Å². The summed E-state index contributed by atoms with van der Waals surface area (Å²) in [5.74, 6) is -1.43. The van der Waals surface area contributed by atoms with Gasteiger partial charge in [0.05, 0.1) is 6.61 Å². The lowest BCUT2D eigenvalue weighted by Crippen LogP contribution is -2.21. The number of ether oxygens (including phenoxy) is 2. The Hall–Kier alpha value is -1.60. The molecular weight excluding hydrogens is 278 g/mol. The lowest BCUT2D eigenvalue weighted by Gasteiger charge is -2.19. The lowest BCUT2D eigenvalue weighted by molar-refractivity contribution is -0.276. The maximum atomic E-state index is 12.8. The molecule has 0 bridgehead atoms. The van der Waals surface area contributed by atoms with Crippen LogP contribution in [0.1, 0.15) is 18.1 Å². The predicted molar refractivity (Wildman–Crippen MR) is 54.0 cm³/mol. The second kappa shape index (κ2) is 5.18. The highest BCUT2D eigenvalue weighted by atomic mass is 19.4. The fourth-order valence-electron chi connectivity index (χ4n) is 1.54. The van der Waals surface area contributed by atoms with Crippen LogP contribution in [0.2, 0.25) is 0 Å². The first-order chi connectivity index (χ1) is 8.56. The molecule has 1 aromatic carbocycles. The van der Waals surface area contributed by atoms with Crippen molar-refractivity contribution in [1.29, 1.82) is 0 Å². The van der Waals surface area contributed by atoms with Gasteiger partial charge >= 0.3 is 12.5 Å². The molecule has 19 heavy (non-hydrogen) atoms. The lowest BCUT2D eigenvalue weighted by atomic mass is 10.1. The van der Waals surface area contributed by atoms with Gasteiger partial charge in [-0.05, 0) is 26.0 Å². The molecule has 1 rings (SSSR count). The van der Waals surface area contributed by atoms with Crippen molar-refractivity contribution in [2.75, 3.05) is 6.61 Å². The molecule has 0 spiro atoms. The Labute approximate surface area is 104 Å². The zero-order chi connectivity index (χ0) is 14.8. The molecule has 0 unspecified atom stereocenters. The standard InChI is InChI=1S/C11H10F6O2/c1-3-18-7-4-5-8(19-11(15,16)17)9(6(7)2)10(12,13)14/h4-5H,3H2,1-2H3. The molecule has 0 aliphatic rings. The Morgan fingerprint density at radius 1 is 1.00 bits per heavy atom. The molecule has 0 aliphatic carbocycles. The van der Waals surface area contributed by atoms with E-state index in [1.165, 1.54) is 0 Å². The summed E-state index contributed by atoms with van der Waals surface area (Å²) in [7, 11) is 0. The quantitative estimate of drug-likeness (QED) is 0.771. The maximum absolute atomic E-state index is 12.8. The van der Waals surface area contributed by atoms with Gasteiger partial charge in [0.15, 0.2) is 0 Å². The fourth-order valence-corrected chi connectivity index (χ4v) is 1.54. The van der Waals surface area contributed by atoms with Crippen LogP contribution in [0.15, 0.2) is 12.1 Å². The predicted octanol–water partition coefficient (Wildman–Crippen LogP) is 4.31. The molecule has 0 saturated heterocycles. The van der Waals surface area contributed by atoms with Crippen molar-refractivity contribution in [1.82, 2.24) is 0 Å².